The maximum atomic E-state index is 9.30. The quantitative estimate of drug-likeness (QED) is 0.527. The lowest BCUT2D eigenvalue weighted by molar-refractivity contribution is 0.275. The van der Waals surface area contributed by atoms with E-state index in [0.717, 1.165) is 11.1 Å². The van der Waals surface area contributed by atoms with Crippen molar-refractivity contribution in [3.63, 3.8) is 0 Å². The van der Waals surface area contributed by atoms with Gasteiger partial charge < -0.3 is 14.8 Å². The van der Waals surface area contributed by atoms with Gasteiger partial charge in [0.05, 0.1) is 6.61 Å². The fraction of sp³-hybridized carbons (Fsp3) is 0.250. The average molecular weight is 164 g/mol. The number of hydrogen-bond acceptors (Lipinski definition) is 3. The lowest BCUT2D eigenvalue weighted by atomic mass is 9.78. The summed E-state index contributed by atoms with van der Waals surface area (Å²) in [4.78, 5) is 0. The van der Waals surface area contributed by atoms with Gasteiger partial charge in [0.1, 0.15) is 5.75 Å². The highest BCUT2D eigenvalue weighted by Gasteiger charge is 2.28. The highest BCUT2D eigenvalue weighted by atomic mass is 16.5. The molecule has 3 nitrogen and oxygen atoms in total. The van der Waals surface area contributed by atoms with Crippen LogP contribution in [0.2, 0.25) is 0 Å². The Morgan fingerprint density at radius 3 is 3.00 bits per heavy atom. The number of aromatic hydroxyl groups is 1. The van der Waals surface area contributed by atoms with Crippen LogP contribution in [0.4, 0.5) is 0 Å². The predicted molar refractivity (Wildman–Crippen MR) is 45.2 cm³/mol. The Morgan fingerprint density at radius 2 is 2.25 bits per heavy atom. The zero-order valence-electron chi connectivity index (χ0n) is 6.74. The van der Waals surface area contributed by atoms with E-state index in [0.29, 0.717) is 12.1 Å². The van der Waals surface area contributed by atoms with Gasteiger partial charge in [0.15, 0.2) is 0 Å². The topological polar surface area (TPSA) is 49.7 Å². The van der Waals surface area contributed by atoms with Crippen LogP contribution in [0.3, 0.4) is 0 Å². The van der Waals surface area contributed by atoms with Gasteiger partial charge in [0.2, 0.25) is 0 Å². The molecule has 0 radical (unpaired) electrons. The summed E-state index contributed by atoms with van der Waals surface area (Å²) in [5, 5.41) is 18.5. The van der Waals surface area contributed by atoms with Crippen molar-refractivity contribution in [1.29, 1.82) is 0 Å². The van der Waals surface area contributed by atoms with Gasteiger partial charge in [-0.15, -0.1) is 0 Å². The first kappa shape index (κ1) is 7.64. The van der Waals surface area contributed by atoms with Crippen molar-refractivity contribution in [2.45, 2.75) is 13.5 Å². The molecule has 0 saturated carbocycles. The first-order chi connectivity index (χ1) is 5.68. The minimum Gasteiger partial charge on any atom is -0.508 e. The molecule has 1 aromatic carbocycles. The van der Waals surface area contributed by atoms with Gasteiger partial charge in [0, 0.05) is 0 Å². The van der Waals surface area contributed by atoms with Crippen molar-refractivity contribution in [2.75, 3.05) is 0 Å². The maximum Gasteiger partial charge on any atom is 0.491 e. The molecule has 1 aliphatic heterocycles. The van der Waals surface area contributed by atoms with E-state index in [1.54, 1.807) is 12.1 Å². The second kappa shape index (κ2) is 2.50. The Bertz CT molecular complexity index is 324. The zero-order chi connectivity index (χ0) is 8.72. The molecule has 0 aromatic heterocycles. The summed E-state index contributed by atoms with van der Waals surface area (Å²) in [6.07, 6.45) is 0. The van der Waals surface area contributed by atoms with Crippen molar-refractivity contribution >= 4 is 12.6 Å². The number of benzene rings is 1. The minimum absolute atomic E-state index is 0.177. The predicted octanol–water partition coefficient (Wildman–Crippen LogP) is -0.0817. The molecule has 0 atom stereocenters. The Balaban J connectivity index is 2.60. The molecule has 0 fully saturated rings. The van der Waals surface area contributed by atoms with E-state index in [1.807, 2.05) is 6.92 Å². The van der Waals surface area contributed by atoms with Crippen molar-refractivity contribution in [3.8, 4) is 5.75 Å². The van der Waals surface area contributed by atoms with Crippen molar-refractivity contribution in [3.05, 3.63) is 23.3 Å². The van der Waals surface area contributed by atoms with Crippen LogP contribution in [0.1, 0.15) is 11.1 Å². The van der Waals surface area contributed by atoms with Crippen molar-refractivity contribution < 1.29 is 14.8 Å². The molecule has 12 heavy (non-hydrogen) atoms. The number of phenols is 1. The van der Waals surface area contributed by atoms with Crippen LogP contribution in [0.5, 0.6) is 5.75 Å². The van der Waals surface area contributed by atoms with E-state index in [9.17, 15) is 10.1 Å². The van der Waals surface area contributed by atoms with Gasteiger partial charge >= 0.3 is 7.12 Å². The normalized spacial score (nSPS) is 15.0. The Morgan fingerprint density at radius 1 is 1.50 bits per heavy atom. The number of rotatable bonds is 0. The van der Waals surface area contributed by atoms with E-state index in [1.165, 1.54) is 0 Å². The second-order valence-electron chi connectivity index (χ2n) is 2.99. The van der Waals surface area contributed by atoms with E-state index >= 15 is 0 Å². The molecule has 2 N–H and O–H groups in total. The van der Waals surface area contributed by atoms with Crippen LogP contribution < -0.4 is 5.46 Å². The van der Waals surface area contributed by atoms with Crippen LogP contribution in [-0.2, 0) is 11.3 Å². The summed E-state index contributed by atoms with van der Waals surface area (Å²) >= 11 is 0. The maximum absolute atomic E-state index is 9.30. The van der Waals surface area contributed by atoms with Gasteiger partial charge in [-0.2, -0.15) is 0 Å². The first-order valence-electron chi connectivity index (χ1n) is 3.80. The highest BCUT2D eigenvalue weighted by molar-refractivity contribution is 6.61. The third kappa shape index (κ3) is 1.00. The minimum atomic E-state index is -0.870. The monoisotopic (exact) mass is 164 g/mol. The third-order valence-electron chi connectivity index (χ3n) is 2.14. The summed E-state index contributed by atoms with van der Waals surface area (Å²) in [5.74, 6) is 0.177. The fourth-order valence-corrected chi connectivity index (χ4v) is 1.49. The molecular formula is C8H9BO3. The zero-order valence-corrected chi connectivity index (χ0v) is 6.74. The molecule has 1 heterocycles. The molecule has 0 amide bonds. The number of aryl methyl sites for hydroxylation is 1. The van der Waals surface area contributed by atoms with Crippen molar-refractivity contribution in [2.24, 2.45) is 0 Å². The van der Waals surface area contributed by atoms with Gasteiger partial charge in [0.25, 0.3) is 0 Å². The molecule has 0 spiro atoms. The van der Waals surface area contributed by atoms with Crippen molar-refractivity contribution in [1.82, 2.24) is 0 Å². The van der Waals surface area contributed by atoms with Crippen LogP contribution in [0.15, 0.2) is 12.1 Å². The molecule has 1 aliphatic rings. The second-order valence-corrected chi connectivity index (χ2v) is 2.99. The van der Waals surface area contributed by atoms with E-state index in [2.05, 4.69) is 0 Å². The Hall–Kier alpha value is -0.995. The number of phenolic OH excluding ortho intramolecular Hbond substituents is 1. The Kier molecular flexibility index (Phi) is 1.59. The number of fused-ring (bicyclic) bond motifs is 1. The van der Waals surface area contributed by atoms with Gasteiger partial charge in [-0.3, -0.25) is 0 Å². The van der Waals surface area contributed by atoms with Gasteiger partial charge in [-0.05, 0) is 35.6 Å². The summed E-state index contributed by atoms with van der Waals surface area (Å²) in [7, 11) is -0.870. The number of hydrogen-bond donors (Lipinski definition) is 2. The summed E-state index contributed by atoms with van der Waals surface area (Å²) in [6.45, 7) is 2.32. The molecule has 0 aliphatic carbocycles. The molecule has 62 valence electrons. The van der Waals surface area contributed by atoms with E-state index < -0.39 is 7.12 Å². The molecule has 1 aromatic rings. The van der Waals surface area contributed by atoms with Gasteiger partial charge in [-0.1, -0.05) is 0 Å². The molecular weight excluding hydrogens is 155 g/mol. The SMILES string of the molecule is Cc1cc(O)cc2c1COB2O. The Labute approximate surface area is 70.8 Å². The van der Waals surface area contributed by atoms with Crippen LogP contribution in [0, 0.1) is 6.92 Å². The fourth-order valence-electron chi connectivity index (χ4n) is 1.49. The molecule has 4 heteroatoms. The standard InChI is InChI=1S/C8H9BO3/c1-5-2-6(10)3-8-7(5)4-12-9(8)11/h2-3,10-11H,4H2,1H3. The third-order valence-corrected chi connectivity index (χ3v) is 2.14. The van der Waals surface area contributed by atoms with E-state index in [4.69, 9.17) is 4.65 Å². The van der Waals surface area contributed by atoms with Crippen LogP contribution in [-0.4, -0.2) is 17.2 Å². The summed E-state index contributed by atoms with van der Waals surface area (Å²) < 4.78 is 5.00. The highest BCUT2D eigenvalue weighted by Crippen LogP contribution is 2.19. The van der Waals surface area contributed by atoms with E-state index in [-0.39, 0.29) is 5.75 Å². The summed E-state index contributed by atoms with van der Waals surface area (Å²) in [6, 6.07) is 3.21. The first-order valence-corrected chi connectivity index (χ1v) is 3.80. The van der Waals surface area contributed by atoms with Crippen LogP contribution in [0.25, 0.3) is 0 Å². The smallest absolute Gasteiger partial charge is 0.491 e. The molecule has 0 saturated heterocycles. The van der Waals surface area contributed by atoms with Gasteiger partial charge in [-0.25, -0.2) is 0 Å². The summed E-state index contributed by atoms with van der Waals surface area (Å²) in [5.41, 5.74) is 2.63. The molecule has 0 bridgehead atoms. The average Bonchev–Trinajstić information content (AvgIpc) is 2.33. The largest absolute Gasteiger partial charge is 0.508 e. The molecule has 2 rings (SSSR count). The molecule has 0 unspecified atom stereocenters. The lowest BCUT2D eigenvalue weighted by Gasteiger charge is -2.02. The lowest BCUT2D eigenvalue weighted by Crippen LogP contribution is -2.28. The van der Waals surface area contributed by atoms with Crippen LogP contribution >= 0.6 is 0 Å².